The van der Waals surface area contributed by atoms with Gasteiger partial charge in [0.05, 0.1) is 15.6 Å². The van der Waals surface area contributed by atoms with E-state index in [1.54, 1.807) is 18.2 Å². The van der Waals surface area contributed by atoms with Crippen LogP contribution in [0.15, 0.2) is 42.5 Å². The number of carbonyl (C=O) groups is 2. The number of hydrogen-bond donors (Lipinski definition) is 0. The lowest BCUT2D eigenvalue weighted by molar-refractivity contribution is 0.0474. The minimum Gasteiger partial charge on any atom is -0.454 e. The molecule has 0 saturated carbocycles. The zero-order chi connectivity index (χ0) is 15.4. The number of aryl methyl sites for hydroxylation is 1. The van der Waals surface area contributed by atoms with Crippen LogP contribution in [0.3, 0.4) is 0 Å². The van der Waals surface area contributed by atoms with Crippen molar-refractivity contribution in [2.24, 2.45) is 0 Å². The van der Waals surface area contributed by atoms with Crippen LogP contribution in [-0.2, 0) is 4.74 Å². The Kier molecular flexibility index (Phi) is 4.99. The summed E-state index contributed by atoms with van der Waals surface area (Å²) in [6, 6.07) is 11.5. The molecule has 0 radical (unpaired) electrons. The first-order valence-corrected chi connectivity index (χ1v) is 6.95. The molecule has 0 spiro atoms. The molecule has 0 aromatic heterocycles. The second-order valence-electron chi connectivity index (χ2n) is 4.50. The third-order valence-electron chi connectivity index (χ3n) is 2.83. The van der Waals surface area contributed by atoms with Crippen LogP contribution in [0.4, 0.5) is 0 Å². The summed E-state index contributed by atoms with van der Waals surface area (Å²) in [7, 11) is 0. The summed E-state index contributed by atoms with van der Waals surface area (Å²) in [5.74, 6) is -0.873. The van der Waals surface area contributed by atoms with E-state index in [-0.39, 0.29) is 17.4 Å². The SMILES string of the molecule is Cc1cccc(C(=O)OCC(=O)c2ccc(Cl)c(Cl)c2)c1. The van der Waals surface area contributed by atoms with Crippen molar-refractivity contribution in [2.75, 3.05) is 6.61 Å². The first-order valence-electron chi connectivity index (χ1n) is 6.19. The second kappa shape index (κ2) is 6.74. The lowest BCUT2D eigenvalue weighted by atomic mass is 10.1. The van der Waals surface area contributed by atoms with Crippen LogP contribution < -0.4 is 0 Å². The predicted molar refractivity (Wildman–Crippen MR) is 82.3 cm³/mol. The second-order valence-corrected chi connectivity index (χ2v) is 5.31. The van der Waals surface area contributed by atoms with Gasteiger partial charge in [0, 0.05) is 5.56 Å². The number of ether oxygens (including phenoxy) is 1. The average molecular weight is 323 g/mol. The van der Waals surface area contributed by atoms with Crippen LogP contribution in [0.1, 0.15) is 26.3 Å². The van der Waals surface area contributed by atoms with Crippen molar-refractivity contribution in [1.82, 2.24) is 0 Å². The monoisotopic (exact) mass is 322 g/mol. The van der Waals surface area contributed by atoms with E-state index < -0.39 is 5.97 Å². The van der Waals surface area contributed by atoms with Crippen molar-refractivity contribution >= 4 is 35.0 Å². The molecule has 0 amide bonds. The number of rotatable bonds is 4. The van der Waals surface area contributed by atoms with Gasteiger partial charge in [-0.2, -0.15) is 0 Å². The summed E-state index contributed by atoms with van der Waals surface area (Å²) in [6.07, 6.45) is 0. The molecular formula is C16H12Cl2O3. The topological polar surface area (TPSA) is 43.4 Å². The normalized spacial score (nSPS) is 10.2. The molecule has 0 atom stereocenters. The molecule has 0 aliphatic heterocycles. The van der Waals surface area contributed by atoms with Gasteiger partial charge in [-0.15, -0.1) is 0 Å². The Hall–Kier alpha value is -1.84. The maximum absolute atomic E-state index is 11.9. The highest BCUT2D eigenvalue weighted by molar-refractivity contribution is 6.42. The van der Waals surface area contributed by atoms with E-state index in [1.165, 1.54) is 18.2 Å². The standard InChI is InChI=1S/C16H12Cl2O3/c1-10-3-2-4-12(7-10)16(20)21-9-15(19)11-5-6-13(17)14(18)8-11/h2-8H,9H2,1H3. The zero-order valence-electron chi connectivity index (χ0n) is 11.2. The van der Waals surface area contributed by atoms with E-state index in [4.69, 9.17) is 27.9 Å². The van der Waals surface area contributed by atoms with Crippen LogP contribution in [0.5, 0.6) is 0 Å². The molecule has 2 aromatic carbocycles. The van der Waals surface area contributed by atoms with Gasteiger partial charge >= 0.3 is 5.97 Å². The Balaban J connectivity index is 2.00. The average Bonchev–Trinajstić information content (AvgIpc) is 2.47. The Morgan fingerprint density at radius 2 is 1.76 bits per heavy atom. The molecule has 0 bridgehead atoms. The van der Waals surface area contributed by atoms with Crippen molar-refractivity contribution in [2.45, 2.75) is 6.92 Å². The number of Topliss-reactive ketones (excluding diaryl/α,β-unsaturated/α-hetero) is 1. The number of hydrogen-bond acceptors (Lipinski definition) is 3. The van der Waals surface area contributed by atoms with Crippen molar-refractivity contribution in [3.8, 4) is 0 Å². The summed E-state index contributed by atoms with van der Waals surface area (Å²) in [5.41, 5.74) is 1.71. The lowest BCUT2D eigenvalue weighted by Crippen LogP contribution is -2.14. The van der Waals surface area contributed by atoms with Gasteiger partial charge in [-0.3, -0.25) is 4.79 Å². The van der Waals surface area contributed by atoms with Gasteiger partial charge in [-0.05, 0) is 37.3 Å². The van der Waals surface area contributed by atoms with Gasteiger partial charge in [-0.25, -0.2) is 4.79 Å². The van der Waals surface area contributed by atoms with Crippen LogP contribution in [-0.4, -0.2) is 18.4 Å². The zero-order valence-corrected chi connectivity index (χ0v) is 12.7. The summed E-state index contributed by atoms with van der Waals surface area (Å²) >= 11 is 11.6. The molecule has 0 heterocycles. The molecule has 0 fully saturated rings. The fraction of sp³-hybridized carbons (Fsp3) is 0.125. The molecule has 0 N–H and O–H groups in total. The van der Waals surface area contributed by atoms with Gasteiger partial charge < -0.3 is 4.74 Å². The summed E-state index contributed by atoms with van der Waals surface area (Å²) < 4.78 is 5.00. The number of halogens is 2. The Morgan fingerprint density at radius 1 is 1.00 bits per heavy atom. The van der Waals surface area contributed by atoms with Gasteiger partial charge in [0.2, 0.25) is 0 Å². The van der Waals surface area contributed by atoms with E-state index in [9.17, 15) is 9.59 Å². The van der Waals surface area contributed by atoms with Crippen molar-refractivity contribution in [1.29, 1.82) is 0 Å². The molecule has 0 aliphatic rings. The van der Waals surface area contributed by atoms with Crippen LogP contribution in [0.2, 0.25) is 10.0 Å². The number of ketones is 1. The number of esters is 1. The Labute approximate surface area is 132 Å². The Morgan fingerprint density at radius 3 is 2.43 bits per heavy atom. The first-order chi connectivity index (χ1) is 9.97. The molecule has 108 valence electrons. The highest BCUT2D eigenvalue weighted by atomic mass is 35.5. The molecule has 0 unspecified atom stereocenters. The fourth-order valence-electron chi connectivity index (χ4n) is 1.74. The predicted octanol–water partition coefficient (Wildman–Crippen LogP) is 4.34. The van der Waals surface area contributed by atoms with Gasteiger partial charge in [0.1, 0.15) is 0 Å². The molecule has 3 nitrogen and oxygen atoms in total. The quantitative estimate of drug-likeness (QED) is 0.621. The van der Waals surface area contributed by atoms with Crippen LogP contribution >= 0.6 is 23.2 Å². The molecule has 5 heteroatoms. The molecule has 2 rings (SSSR count). The van der Waals surface area contributed by atoms with E-state index in [2.05, 4.69) is 0 Å². The molecule has 0 saturated heterocycles. The van der Waals surface area contributed by atoms with Crippen molar-refractivity contribution < 1.29 is 14.3 Å². The largest absolute Gasteiger partial charge is 0.454 e. The van der Waals surface area contributed by atoms with Gasteiger partial charge in [-0.1, -0.05) is 40.9 Å². The van der Waals surface area contributed by atoms with Gasteiger partial charge in [0.25, 0.3) is 0 Å². The van der Waals surface area contributed by atoms with Crippen molar-refractivity contribution in [3.05, 3.63) is 69.2 Å². The van der Waals surface area contributed by atoms with E-state index in [0.717, 1.165) is 5.56 Å². The first kappa shape index (κ1) is 15.5. The number of carbonyl (C=O) groups excluding carboxylic acids is 2. The highest BCUT2D eigenvalue weighted by Gasteiger charge is 2.13. The minimum absolute atomic E-state index is 0.285. The van der Waals surface area contributed by atoms with Gasteiger partial charge in [0.15, 0.2) is 12.4 Å². The van der Waals surface area contributed by atoms with E-state index >= 15 is 0 Å². The third kappa shape index (κ3) is 4.06. The van der Waals surface area contributed by atoms with Crippen LogP contribution in [0, 0.1) is 6.92 Å². The van der Waals surface area contributed by atoms with E-state index in [0.29, 0.717) is 16.1 Å². The molecule has 0 aliphatic carbocycles. The fourth-order valence-corrected chi connectivity index (χ4v) is 2.04. The molecule has 21 heavy (non-hydrogen) atoms. The Bertz CT molecular complexity index is 696. The third-order valence-corrected chi connectivity index (χ3v) is 3.57. The van der Waals surface area contributed by atoms with Crippen molar-refractivity contribution in [3.63, 3.8) is 0 Å². The maximum atomic E-state index is 11.9. The summed E-state index contributed by atoms with van der Waals surface area (Å²) in [6.45, 7) is 1.53. The number of benzene rings is 2. The summed E-state index contributed by atoms with van der Waals surface area (Å²) in [5, 5.41) is 0.650. The highest BCUT2D eigenvalue weighted by Crippen LogP contribution is 2.22. The molecule has 2 aromatic rings. The van der Waals surface area contributed by atoms with Crippen LogP contribution in [0.25, 0.3) is 0 Å². The summed E-state index contributed by atoms with van der Waals surface area (Å²) in [4.78, 5) is 23.8. The minimum atomic E-state index is -0.535. The molecular weight excluding hydrogens is 311 g/mol. The maximum Gasteiger partial charge on any atom is 0.338 e. The van der Waals surface area contributed by atoms with E-state index in [1.807, 2.05) is 13.0 Å². The smallest absolute Gasteiger partial charge is 0.338 e. The lowest BCUT2D eigenvalue weighted by Gasteiger charge is -2.06.